The van der Waals surface area contributed by atoms with E-state index in [1.54, 1.807) is 41.9 Å². The van der Waals surface area contributed by atoms with Gasteiger partial charge in [-0.05, 0) is 49.7 Å². The maximum atomic E-state index is 13.0. The third-order valence-electron chi connectivity index (χ3n) is 3.88. The van der Waals surface area contributed by atoms with Crippen molar-refractivity contribution in [1.82, 2.24) is 20.3 Å². The van der Waals surface area contributed by atoms with Gasteiger partial charge in [0.1, 0.15) is 5.82 Å². The van der Waals surface area contributed by atoms with Crippen LogP contribution in [0.4, 0.5) is 4.39 Å². The summed E-state index contributed by atoms with van der Waals surface area (Å²) >= 11 is 6.00. The van der Waals surface area contributed by atoms with Gasteiger partial charge in [-0.25, -0.2) is 9.07 Å². The highest BCUT2D eigenvalue weighted by Crippen LogP contribution is 2.18. The van der Waals surface area contributed by atoms with Gasteiger partial charge in [0.2, 0.25) is 0 Å². The molecule has 25 heavy (non-hydrogen) atoms. The van der Waals surface area contributed by atoms with Crippen molar-refractivity contribution < 1.29 is 9.18 Å². The van der Waals surface area contributed by atoms with Gasteiger partial charge in [0.05, 0.1) is 17.4 Å². The molecule has 2 aromatic carbocycles. The second-order valence-corrected chi connectivity index (χ2v) is 6.10. The number of carbonyl (C=O) groups is 1. The van der Waals surface area contributed by atoms with Crippen molar-refractivity contribution in [3.05, 3.63) is 76.3 Å². The van der Waals surface area contributed by atoms with Crippen LogP contribution in [-0.4, -0.2) is 20.9 Å². The minimum absolute atomic E-state index is 0.230. The van der Waals surface area contributed by atoms with Gasteiger partial charge in [-0.2, -0.15) is 0 Å². The van der Waals surface area contributed by atoms with Crippen LogP contribution in [0.5, 0.6) is 0 Å². The van der Waals surface area contributed by atoms with E-state index in [-0.39, 0.29) is 23.5 Å². The fourth-order valence-corrected chi connectivity index (χ4v) is 2.68. The molecule has 0 saturated heterocycles. The van der Waals surface area contributed by atoms with Gasteiger partial charge >= 0.3 is 0 Å². The molecule has 3 rings (SSSR count). The van der Waals surface area contributed by atoms with Gasteiger partial charge in [0.15, 0.2) is 5.69 Å². The van der Waals surface area contributed by atoms with Crippen molar-refractivity contribution >= 4 is 17.5 Å². The molecule has 1 atom stereocenters. The zero-order valence-corrected chi connectivity index (χ0v) is 14.5. The Bertz CT molecular complexity index is 908. The maximum Gasteiger partial charge on any atom is 0.274 e. The van der Waals surface area contributed by atoms with E-state index in [0.717, 1.165) is 11.3 Å². The minimum Gasteiger partial charge on any atom is -0.344 e. The third kappa shape index (κ3) is 3.69. The molecule has 0 aliphatic heterocycles. The first-order valence-electron chi connectivity index (χ1n) is 7.70. The minimum atomic E-state index is -0.345. The summed E-state index contributed by atoms with van der Waals surface area (Å²) in [7, 11) is 0. The molecule has 0 fully saturated rings. The summed E-state index contributed by atoms with van der Waals surface area (Å²) in [5, 5.41) is 11.4. The van der Waals surface area contributed by atoms with Gasteiger partial charge in [-0.15, -0.1) is 5.10 Å². The molecule has 0 saturated carbocycles. The number of benzene rings is 2. The largest absolute Gasteiger partial charge is 0.344 e. The quantitative estimate of drug-likeness (QED) is 0.770. The summed E-state index contributed by atoms with van der Waals surface area (Å²) in [5.74, 6) is -0.662. The molecule has 128 valence electrons. The molecule has 7 heteroatoms. The van der Waals surface area contributed by atoms with Crippen molar-refractivity contribution in [3.8, 4) is 5.69 Å². The van der Waals surface area contributed by atoms with Crippen LogP contribution in [0.1, 0.15) is 34.7 Å². The molecule has 1 heterocycles. The number of hydrogen-bond acceptors (Lipinski definition) is 3. The van der Waals surface area contributed by atoms with Crippen molar-refractivity contribution in [1.29, 1.82) is 0 Å². The number of hydrogen-bond donors (Lipinski definition) is 1. The highest BCUT2D eigenvalue weighted by molar-refractivity contribution is 6.30. The van der Waals surface area contributed by atoms with Crippen molar-refractivity contribution in [3.63, 3.8) is 0 Å². The zero-order chi connectivity index (χ0) is 18.0. The van der Waals surface area contributed by atoms with E-state index in [4.69, 9.17) is 11.6 Å². The number of aromatic nitrogens is 3. The number of halogens is 2. The van der Waals surface area contributed by atoms with E-state index in [0.29, 0.717) is 10.7 Å². The molecule has 0 bridgehead atoms. The molecule has 0 aliphatic rings. The number of nitrogens with one attached hydrogen (secondary N) is 1. The molecular formula is C18H16ClFN4O. The Morgan fingerprint density at radius 2 is 1.96 bits per heavy atom. The second-order valence-electron chi connectivity index (χ2n) is 5.66. The molecule has 1 N–H and O–H groups in total. The molecular weight excluding hydrogens is 343 g/mol. The van der Waals surface area contributed by atoms with Crippen molar-refractivity contribution in [2.75, 3.05) is 0 Å². The first kappa shape index (κ1) is 17.1. The van der Waals surface area contributed by atoms with Gasteiger partial charge in [-0.1, -0.05) is 35.0 Å². The molecule has 1 aromatic heterocycles. The Hall–Kier alpha value is -2.73. The number of nitrogens with zero attached hydrogens (tertiary/aromatic N) is 3. The Balaban J connectivity index is 1.80. The Kier molecular flexibility index (Phi) is 4.81. The lowest BCUT2D eigenvalue weighted by atomic mass is 10.1. The number of amides is 1. The van der Waals surface area contributed by atoms with E-state index in [2.05, 4.69) is 15.6 Å². The van der Waals surface area contributed by atoms with Crippen LogP contribution in [0.25, 0.3) is 5.69 Å². The van der Waals surface area contributed by atoms with Gasteiger partial charge in [0, 0.05) is 5.02 Å². The van der Waals surface area contributed by atoms with Crippen molar-refractivity contribution in [2.24, 2.45) is 0 Å². The summed E-state index contributed by atoms with van der Waals surface area (Å²) in [5.41, 5.74) is 2.36. The fourth-order valence-electron chi connectivity index (χ4n) is 2.49. The topological polar surface area (TPSA) is 59.8 Å². The Labute approximate surface area is 149 Å². The number of carbonyl (C=O) groups excluding carboxylic acids is 1. The molecule has 1 amide bonds. The lowest BCUT2D eigenvalue weighted by molar-refractivity contribution is 0.0934. The van der Waals surface area contributed by atoms with Crippen LogP contribution in [0.3, 0.4) is 0 Å². The van der Waals surface area contributed by atoms with Gasteiger partial charge < -0.3 is 5.32 Å². The van der Waals surface area contributed by atoms with Crippen LogP contribution in [0.15, 0.2) is 48.5 Å². The summed E-state index contributed by atoms with van der Waals surface area (Å²) < 4.78 is 14.6. The molecule has 0 unspecified atom stereocenters. The Morgan fingerprint density at radius 1 is 1.24 bits per heavy atom. The predicted octanol–water partition coefficient (Wildman–Crippen LogP) is 3.86. The average molecular weight is 359 g/mol. The second kappa shape index (κ2) is 7.03. The average Bonchev–Trinajstić information content (AvgIpc) is 2.97. The van der Waals surface area contributed by atoms with Gasteiger partial charge in [-0.3, -0.25) is 4.79 Å². The summed E-state index contributed by atoms with van der Waals surface area (Å²) in [6.45, 7) is 3.58. The molecule has 5 nitrogen and oxygen atoms in total. The summed E-state index contributed by atoms with van der Waals surface area (Å²) in [6, 6.07) is 12.8. The molecule has 0 radical (unpaired) electrons. The highest BCUT2D eigenvalue weighted by Gasteiger charge is 2.19. The number of rotatable bonds is 4. The fraction of sp³-hybridized carbons (Fsp3) is 0.167. The molecule has 0 aliphatic carbocycles. The highest BCUT2D eigenvalue weighted by atomic mass is 35.5. The zero-order valence-electron chi connectivity index (χ0n) is 13.7. The standard InChI is InChI=1S/C18H16ClFN4O/c1-11(13-6-8-15(20)9-7-13)21-18(25)17-12(2)24(23-22-17)16-5-3-4-14(19)10-16/h3-11H,1-2H3,(H,21,25)/t11-/m1/s1. The van der Waals surface area contributed by atoms with E-state index in [9.17, 15) is 9.18 Å². The lowest BCUT2D eigenvalue weighted by Crippen LogP contribution is -2.27. The van der Waals surface area contributed by atoms with E-state index in [1.807, 2.05) is 13.0 Å². The molecule has 3 aromatic rings. The third-order valence-corrected chi connectivity index (χ3v) is 4.12. The van der Waals surface area contributed by atoms with E-state index >= 15 is 0 Å². The van der Waals surface area contributed by atoms with Crippen molar-refractivity contribution in [2.45, 2.75) is 19.9 Å². The van der Waals surface area contributed by atoms with Crippen LogP contribution < -0.4 is 5.32 Å². The predicted molar refractivity (Wildman–Crippen MR) is 93.4 cm³/mol. The van der Waals surface area contributed by atoms with Crippen LogP contribution in [0.2, 0.25) is 5.02 Å². The Morgan fingerprint density at radius 3 is 2.64 bits per heavy atom. The monoisotopic (exact) mass is 358 g/mol. The van der Waals surface area contributed by atoms with Crippen LogP contribution in [-0.2, 0) is 0 Å². The summed E-state index contributed by atoms with van der Waals surface area (Å²) in [6.07, 6.45) is 0. The van der Waals surface area contributed by atoms with Crippen LogP contribution >= 0.6 is 11.6 Å². The molecule has 0 spiro atoms. The normalized spacial score (nSPS) is 12.0. The smallest absolute Gasteiger partial charge is 0.274 e. The lowest BCUT2D eigenvalue weighted by Gasteiger charge is -2.13. The maximum absolute atomic E-state index is 13.0. The first-order chi connectivity index (χ1) is 12.0. The summed E-state index contributed by atoms with van der Waals surface area (Å²) in [4.78, 5) is 12.5. The van der Waals surface area contributed by atoms with E-state index < -0.39 is 0 Å². The van der Waals surface area contributed by atoms with Gasteiger partial charge in [0.25, 0.3) is 5.91 Å². The van der Waals surface area contributed by atoms with Crippen LogP contribution in [0, 0.1) is 12.7 Å². The SMILES string of the molecule is Cc1c(C(=O)N[C@H](C)c2ccc(F)cc2)nnn1-c1cccc(Cl)c1. The van der Waals surface area contributed by atoms with E-state index in [1.165, 1.54) is 12.1 Å². The first-order valence-corrected chi connectivity index (χ1v) is 8.08.